The maximum Gasteiger partial charge on any atom is 0.234 e. The van der Waals surface area contributed by atoms with Crippen molar-refractivity contribution >= 4 is 5.91 Å². The van der Waals surface area contributed by atoms with Gasteiger partial charge in [0.05, 0.1) is 6.04 Å². The first-order valence-electron chi connectivity index (χ1n) is 6.06. The molecule has 1 atom stereocenters. The van der Waals surface area contributed by atoms with Gasteiger partial charge in [-0.3, -0.25) is 9.69 Å². The van der Waals surface area contributed by atoms with E-state index in [1.807, 2.05) is 4.90 Å². The zero-order chi connectivity index (χ0) is 13.1. The first kappa shape index (κ1) is 13.0. The zero-order valence-electron chi connectivity index (χ0n) is 10.0. The fourth-order valence-corrected chi connectivity index (χ4v) is 2.39. The standard InChI is InChI=1S/C13H16F2N2O/c14-10-5-3-4-9(12(10)15)8-17-7-2-1-6-11(17)13(16)18/h3-5,11H,1-2,6-8H2,(H2,16,18). The van der Waals surface area contributed by atoms with Crippen LogP contribution in [0.1, 0.15) is 24.8 Å². The van der Waals surface area contributed by atoms with Crippen LogP contribution in [-0.4, -0.2) is 23.4 Å². The molecule has 0 saturated carbocycles. The molecule has 0 aliphatic carbocycles. The van der Waals surface area contributed by atoms with Crippen LogP contribution in [0.15, 0.2) is 18.2 Å². The van der Waals surface area contributed by atoms with Crippen molar-refractivity contribution in [1.29, 1.82) is 0 Å². The molecule has 98 valence electrons. The average Bonchev–Trinajstić information content (AvgIpc) is 2.35. The van der Waals surface area contributed by atoms with E-state index in [0.717, 1.165) is 18.9 Å². The number of nitrogens with two attached hydrogens (primary N) is 1. The van der Waals surface area contributed by atoms with Crippen molar-refractivity contribution < 1.29 is 13.6 Å². The van der Waals surface area contributed by atoms with Gasteiger partial charge in [-0.05, 0) is 25.5 Å². The lowest BCUT2D eigenvalue weighted by atomic mass is 10.0. The van der Waals surface area contributed by atoms with Gasteiger partial charge in [-0.15, -0.1) is 0 Å². The molecular formula is C13H16F2N2O. The number of benzene rings is 1. The lowest BCUT2D eigenvalue weighted by Crippen LogP contribution is -2.47. The van der Waals surface area contributed by atoms with E-state index in [0.29, 0.717) is 13.0 Å². The van der Waals surface area contributed by atoms with Gasteiger partial charge < -0.3 is 5.73 Å². The summed E-state index contributed by atoms with van der Waals surface area (Å²) in [4.78, 5) is 13.1. The van der Waals surface area contributed by atoms with E-state index in [4.69, 9.17) is 5.73 Å². The van der Waals surface area contributed by atoms with E-state index in [1.165, 1.54) is 12.1 Å². The number of hydrogen-bond donors (Lipinski definition) is 1. The predicted octanol–water partition coefficient (Wildman–Crippen LogP) is 1.80. The monoisotopic (exact) mass is 254 g/mol. The summed E-state index contributed by atoms with van der Waals surface area (Å²) < 4.78 is 26.7. The molecule has 1 aromatic carbocycles. The lowest BCUT2D eigenvalue weighted by molar-refractivity contribution is -0.124. The minimum absolute atomic E-state index is 0.219. The molecule has 0 aromatic heterocycles. The molecule has 3 nitrogen and oxygen atoms in total. The van der Waals surface area contributed by atoms with Gasteiger partial charge >= 0.3 is 0 Å². The summed E-state index contributed by atoms with van der Waals surface area (Å²) >= 11 is 0. The second-order valence-electron chi connectivity index (χ2n) is 4.60. The highest BCUT2D eigenvalue weighted by atomic mass is 19.2. The molecule has 5 heteroatoms. The molecular weight excluding hydrogens is 238 g/mol. The molecule has 2 rings (SSSR count). The highest BCUT2D eigenvalue weighted by molar-refractivity contribution is 5.79. The van der Waals surface area contributed by atoms with E-state index < -0.39 is 17.5 Å². The molecule has 1 amide bonds. The number of hydrogen-bond acceptors (Lipinski definition) is 2. The number of carbonyl (C=O) groups excluding carboxylic acids is 1. The quantitative estimate of drug-likeness (QED) is 0.894. The Kier molecular flexibility index (Phi) is 3.91. The van der Waals surface area contributed by atoms with Crippen LogP contribution >= 0.6 is 0 Å². The van der Waals surface area contributed by atoms with E-state index in [9.17, 15) is 13.6 Å². The van der Waals surface area contributed by atoms with Crippen molar-refractivity contribution in [1.82, 2.24) is 4.90 Å². The summed E-state index contributed by atoms with van der Waals surface area (Å²) in [6.07, 6.45) is 2.57. The number of rotatable bonds is 3. The summed E-state index contributed by atoms with van der Waals surface area (Å²) in [6.45, 7) is 0.904. The Hall–Kier alpha value is -1.49. The van der Waals surface area contributed by atoms with Gasteiger partial charge in [0.1, 0.15) is 0 Å². The van der Waals surface area contributed by atoms with Crippen molar-refractivity contribution in [3.8, 4) is 0 Å². The molecule has 1 heterocycles. The van der Waals surface area contributed by atoms with Crippen molar-refractivity contribution in [2.75, 3.05) is 6.54 Å². The topological polar surface area (TPSA) is 46.3 Å². The smallest absolute Gasteiger partial charge is 0.234 e. The Balaban J connectivity index is 2.16. The zero-order valence-corrected chi connectivity index (χ0v) is 10.0. The number of primary amides is 1. The molecule has 1 saturated heterocycles. The van der Waals surface area contributed by atoms with Gasteiger partial charge in [0.25, 0.3) is 0 Å². The highest BCUT2D eigenvalue weighted by Crippen LogP contribution is 2.21. The number of halogens is 2. The van der Waals surface area contributed by atoms with Crippen molar-refractivity contribution in [2.24, 2.45) is 5.73 Å². The fourth-order valence-electron chi connectivity index (χ4n) is 2.39. The maximum atomic E-state index is 13.6. The normalized spacial score (nSPS) is 20.9. The molecule has 2 N–H and O–H groups in total. The molecule has 1 aliphatic rings. The van der Waals surface area contributed by atoms with Crippen molar-refractivity contribution in [3.63, 3.8) is 0 Å². The first-order chi connectivity index (χ1) is 8.59. The Bertz CT molecular complexity index is 451. The van der Waals surface area contributed by atoms with Crippen LogP contribution in [0.25, 0.3) is 0 Å². The van der Waals surface area contributed by atoms with E-state index >= 15 is 0 Å². The van der Waals surface area contributed by atoms with Crippen LogP contribution in [0, 0.1) is 11.6 Å². The van der Waals surface area contributed by atoms with Gasteiger partial charge in [0.2, 0.25) is 5.91 Å². The third-order valence-electron chi connectivity index (χ3n) is 3.35. The number of carbonyl (C=O) groups is 1. The van der Waals surface area contributed by atoms with Crippen molar-refractivity contribution in [3.05, 3.63) is 35.4 Å². The summed E-state index contributed by atoms with van der Waals surface area (Å²) in [6, 6.07) is 3.71. The Morgan fingerprint density at radius 2 is 2.17 bits per heavy atom. The number of amides is 1. The maximum absolute atomic E-state index is 13.6. The number of nitrogens with zero attached hydrogens (tertiary/aromatic N) is 1. The summed E-state index contributed by atoms with van der Waals surface area (Å²) in [5.74, 6) is -2.10. The van der Waals surface area contributed by atoms with Crippen molar-refractivity contribution in [2.45, 2.75) is 31.8 Å². The van der Waals surface area contributed by atoms with Gasteiger partial charge in [-0.2, -0.15) is 0 Å². The molecule has 0 spiro atoms. The average molecular weight is 254 g/mol. The third kappa shape index (κ3) is 2.67. The highest BCUT2D eigenvalue weighted by Gasteiger charge is 2.27. The Morgan fingerprint density at radius 3 is 2.89 bits per heavy atom. The summed E-state index contributed by atoms with van der Waals surface area (Å²) in [5.41, 5.74) is 5.60. The number of piperidine rings is 1. The van der Waals surface area contributed by atoms with Gasteiger partial charge in [0, 0.05) is 12.1 Å². The van der Waals surface area contributed by atoms with Crippen LogP contribution in [0.3, 0.4) is 0 Å². The van der Waals surface area contributed by atoms with E-state index in [-0.39, 0.29) is 18.2 Å². The molecule has 18 heavy (non-hydrogen) atoms. The van der Waals surface area contributed by atoms with Crippen LogP contribution in [0.4, 0.5) is 8.78 Å². The SMILES string of the molecule is NC(=O)C1CCCCN1Cc1cccc(F)c1F. The molecule has 0 bridgehead atoms. The van der Waals surface area contributed by atoms with Gasteiger partial charge in [-0.1, -0.05) is 18.6 Å². The minimum atomic E-state index is -0.861. The summed E-state index contributed by atoms with van der Waals surface area (Å²) in [5, 5.41) is 0. The molecule has 1 aromatic rings. The first-order valence-corrected chi connectivity index (χ1v) is 6.06. The largest absolute Gasteiger partial charge is 0.368 e. The van der Waals surface area contributed by atoms with Gasteiger partial charge in [-0.25, -0.2) is 8.78 Å². The fraction of sp³-hybridized carbons (Fsp3) is 0.462. The lowest BCUT2D eigenvalue weighted by Gasteiger charge is -2.33. The van der Waals surface area contributed by atoms with Crippen LogP contribution in [-0.2, 0) is 11.3 Å². The molecule has 1 aliphatic heterocycles. The van der Waals surface area contributed by atoms with E-state index in [1.54, 1.807) is 0 Å². The van der Waals surface area contributed by atoms with E-state index in [2.05, 4.69) is 0 Å². The minimum Gasteiger partial charge on any atom is -0.368 e. The van der Waals surface area contributed by atoms with Crippen LogP contribution in [0.2, 0.25) is 0 Å². The van der Waals surface area contributed by atoms with Gasteiger partial charge in [0.15, 0.2) is 11.6 Å². The second kappa shape index (κ2) is 5.44. The predicted molar refractivity (Wildman–Crippen MR) is 63.6 cm³/mol. The second-order valence-corrected chi connectivity index (χ2v) is 4.60. The molecule has 1 fully saturated rings. The molecule has 0 radical (unpaired) electrons. The Labute approximate surface area is 105 Å². The Morgan fingerprint density at radius 1 is 1.39 bits per heavy atom. The van der Waals surface area contributed by atoms with Crippen LogP contribution < -0.4 is 5.73 Å². The van der Waals surface area contributed by atoms with Crippen LogP contribution in [0.5, 0.6) is 0 Å². The number of likely N-dealkylation sites (tertiary alicyclic amines) is 1. The summed E-state index contributed by atoms with van der Waals surface area (Å²) in [7, 11) is 0. The third-order valence-corrected chi connectivity index (χ3v) is 3.35. The molecule has 1 unspecified atom stereocenters.